The molecule has 0 N–H and O–H groups in total. The molecule has 3 aliphatic heterocycles. The molecule has 0 radical (unpaired) electrons. The molecule has 0 aromatic rings. The standard InChI is InChI=1S/C9H15ClN2O/c1-11(9(10)13)8-6-12-4-2-7(8)3-5-12/h7-8H,2-6H2,1H3. The summed E-state index contributed by atoms with van der Waals surface area (Å²) < 4.78 is 0. The third-order valence-electron chi connectivity index (χ3n) is 3.40. The zero-order valence-corrected chi connectivity index (χ0v) is 8.63. The summed E-state index contributed by atoms with van der Waals surface area (Å²) in [7, 11) is 1.81. The highest BCUT2D eigenvalue weighted by Crippen LogP contribution is 2.30. The number of piperidine rings is 3. The van der Waals surface area contributed by atoms with Gasteiger partial charge in [0.2, 0.25) is 0 Å². The molecule has 0 aromatic carbocycles. The van der Waals surface area contributed by atoms with Crippen molar-refractivity contribution in [3.05, 3.63) is 0 Å². The molecule has 0 spiro atoms. The first kappa shape index (κ1) is 9.28. The second kappa shape index (κ2) is 3.46. The number of likely N-dealkylation sites (N-methyl/N-ethyl adjacent to an activating group) is 1. The van der Waals surface area contributed by atoms with E-state index in [9.17, 15) is 4.79 Å². The van der Waals surface area contributed by atoms with Gasteiger partial charge >= 0.3 is 5.37 Å². The number of nitrogens with zero attached hydrogens (tertiary/aromatic N) is 2. The minimum Gasteiger partial charge on any atom is -0.328 e. The van der Waals surface area contributed by atoms with E-state index in [1.807, 2.05) is 7.05 Å². The molecule has 4 heteroatoms. The number of hydrogen-bond donors (Lipinski definition) is 0. The van der Waals surface area contributed by atoms with Gasteiger partial charge in [-0.15, -0.1) is 0 Å². The molecule has 3 aliphatic rings. The fraction of sp³-hybridized carbons (Fsp3) is 0.889. The van der Waals surface area contributed by atoms with Crippen molar-refractivity contribution in [1.29, 1.82) is 0 Å². The first-order chi connectivity index (χ1) is 6.18. The summed E-state index contributed by atoms with van der Waals surface area (Å²) in [6.07, 6.45) is 2.44. The molecule has 3 rings (SSSR count). The number of carbonyl (C=O) groups is 1. The zero-order chi connectivity index (χ0) is 9.42. The van der Waals surface area contributed by atoms with Gasteiger partial charge in [-0.2, -0.15) is 0 Å². The van der Waals surface area contributed by atoms with E-state index in [-0.39, 0.29) is 5.37 Å². The summed E-state index contributed by atoms with van der Waals surface area (Å²) in [4.78, 5) is 15.1. The largest absolute Gasteiger partial charge is 0.328 e. The van der Waals surface area contributed by atoms with Gasteiger partial charge in [0, 0.05) is 19.6 Å². The van der Waals surface area contributed by atoms with Crippen molar-refractivity contribution >= 4 is 17.0 Å². The molecule has 3 heterocycles. The van der Waals surface area contributed by atoms with Gasteiger partial charge in [0.05, 0.1) is 0 Å². The number of halogens is 1. The fourth-order valence-corrected chi connectivity index (χ4v) is 2.63. The summed E-state index contributed by atoms with van der Waals surface area (Å²) in [6, 6.07) is 0.354. The van der Waals surface area contributed by atoms with Crippen LogP contribution in [0, 0.1) is 5.92 Å². The minimum absolute atomic E-state index is 0.321. The van der Waals surface area contributed by atoms with Crippen molar-refractivity contribution in [3.63, 3.8) is 0 Å². The Balaban J connectivity index is 2.04. The van der Waals surface area contributed by atoms with Crippen LogP contribution >= 0.6 is 11.6 Å². The van der Waals surface area contributed by atoms with E-state index in [0.29, 0.717) is 12.0 Å². The summed E-state index contributed by atoms with van der Waals surface area (Å²) in [5.41, 5.74) is 0. The third kappa shape index (κ3) is 1.67. The van der Waals surface area contributed by atoms with Crippen molar-refractivity contribution in [2.24, 2.45) is 5.92 Å². The molecule has 0 saturated carbocycles. The van der Waals surface area contributed by atoms with E-state index >= 15 is 0 Å². The van der Waals surface area contributed by atoms with Gasteiger partial charge in [0.15, 0.2) is 0 Å². The van der Waals surface area contributed by atoms with Gasteiger partial charge in [0.1, 0.15) is 0 Å². The van der Waals surface area contributed by atoms with Crippen molar-refractivity contribution in [2.75, 3.05) is 26.7 Å². The van der Waals surface area contributed by atoms with Gasteiger partial charge in [0.25, 0.3) is 0 Å². The molecule has 2 bridgehead atoms. The van der Waals surface area contributed by atoms with Gasteiger partial charge in [-0.05, 0) is 43.5 Å². The second-order valence-corrected chi connectivity index (χ2v) is 4.39. The summed E-state index contributed by atoms with van der Waals surface area (Å²) >= 11 is 5.47. The van der Waals surface area contributed by atoms with Gasteiger partial charge < -0.3 is 9.80 Å². The average molecular weight is 203 g/mol. The summed E-state index contributed by atoms with van der Waals surface area (Å²) in [6.45, 7) is 3.41. The molecular formula is C9H15ClN2O. The Morgan fingerprint density at radius 2 is 2.08 bits per heavy atom. The maximum atomic E-state index is 11.0. The highest BCUT2D eigenvalue weighted by atomic mass is 35.5. The molecule has 3 fully saturated rings. The van der Waals surface area contributed by atoms with Crippen LogP contribution in [0.15, 0.2) is 0 Å². The number of carbonyl (C=O) groups excluding carboxylic acids is 1. The first-order valence-electron chi connectivity index (χ1n) is 4.83. The monoisotopic (exact) mass is 202 g/mol. The van der Waals surface area contributed by atoms with Gasteiger partial charge in [-0.1, -0.05) is 0 Å². The van der Waals surface area contributed by atoms with Crippen LogP contribution in [0.3, 0.4) is 0 Å². The van der Waals surface area contributed by atoms with E-state index in [1.54, 1.807) is 4.90 Å². The Morgan fingerprint density at radius 1 is 1.46 bits per heavy atom. The minimum atomic E-state index is -0.321. The number of amides is 1. The van der Waals surface area contributed by atoms with Crippen LogP contribution in [0.25, 0.3) is 0 Å². The summed E-state index contributed by atoms with van der Waals surface area (Å²) in [5.74, 6) is 0.678. The Morgan fingerprint density at radius 3 is 2.46 bits per heavy atom. The Hall–Kier alpha value is -0.280. The van der Waals surface area contributed by atoms with Gasteiger partial charge in [-0.3, -0.25) is 4.79 Å². The van der Waals surface area contributed by atoms with Crippen LogP contribution < -0.4 is 0 Å². The predicted octanol–water partition coefficient (Wildman–Crippen LogP) is 1.37. The zero-order valence-electron chi connectivity index (χ0n) is 7.87. The number of fused-ring (bicyclic) bond motifs is 3. The van der Waals surface area contributed by atoms with Crippen LogP contribution in [0.4, 0.5) is 4.79 Å². The molecule has 3 saturated heterocycles. The van der Waals surface area contributed by atoms with E-state index < -0.39 is 0 Å². The quantitative estimate of drug-likeness (QED) is 0.474. The van der Waals surface area contributed by atoms with Crippen LogP contribution in [-0.2, 0) is 0 Å². The average Bonchev–Trinajstić information content (AvgIpc) is 2.18. The predicted molar refractivity (Wildman–Crippen MR) is 52.0 cm³/mol. The topological polar surface area (TPSA) is 23.6 Å². The molecular weight excluding hydrogens is 188 g/mol. The Kier molecular flexibility index (Phi) is 2.47. The van der Waals surface area contributed by atoms with Crippen LogP contribution in [-0.4, -0.2) is 47.9 Å². The van der Waals surface area contributed by atoms with Crippen molar-refractivity contribution in [1.82, 2.24) is 9.80 Å². The van der Waals surface area contributed by atoms with E-state index in [1.165, 1.54) is 25.9 Å². The van der Waals surface area contributed by atoms with Crippen LogP contribution in [0.2, 0.25) is 0 Å². The molecule has 74 valence electrons. The highest BCUT2D eigenvalue weighted by molar-refractivity contribution is 6.62. The summed E-state index contributed by atoms with van der Waals surface area (Å²) in [5, 5.41) is -0.321. The first-order valence-corrected chi connectivity index (χ1v) is 5.21. The second-order valence-electron chi connectivity index (χ2n) is 4.07. The van der Waals surface area contributed by atoms with Crippen LogP contribution in [0.5, 0.6) is 0 Å². The smallest absolute Gasteiger partial charge is 0.316 e. The van der Waals surface area contributed by atoms with Crippen molar-refractivity contribution < 1.29 is 4.79 Å². The molecule has 0 aromatic heterocycles. The molecule has 1 unspecified atom stereocenters. The van der Waals surface area contributed by atoms with Gasteiger partial charge in [-0.25, -0.2) is 0 Å². The van der Waals surface area contributed by atoms with Crippen LogP contribution in [0.1, 0.15) is 12.8 Å². The highest BCUT2D eigenvalue weighted by Gasteiger charge is 2.37. The fourth-order valence-electron chi connectivity index (χ4n) is 2.50. The van der Waals surface area contributed by atoms with Crippen molar-refractivity contribution in [2.45, 2.75) is 18.9 Å². The van der Waals surface area contributed by atoms with E-state index in [0.717, 1.165) is 6.54 Å². The molecule has 1 amide bonds. The van der Waals surface area contributed by atoms with E-state index in [4.69, 9.17) is 11.6 Å². The van der Waals surface area contributed by atoms with Crippen molar-refractivity contribution in [3.8, 4) is 0 Å². The molecule has 13 heavy (non-hydrogen) atoms. The molecule has 1 atom stereocenters. The number of hydrogen-bond acceptors (Lipinski definition) is 2. The van der Waals surface area contributed by atoms with E-state index in [2.05, 4.69) is 4.90 Å². The molecule has 0 aliphatic carbocycles. The SMILES string of the molecule is CN(C(=O)Cl)C1CN2CCC1CC2. The third-order valence-corrected chi connectivity index (χ3v) is 3.66. The maximum absolute atomic E-state index is 11.0. The number of rotatable bonds is 1. The molecule has 3 nitrogen and oxygen atoms in total. The lowest BCUT2D eigenvalue weighted by atomic mass is 9.83. The normalized spacial score (nSPS) is 37.5. The Labute approximate surface area is 83.6 Å². The lowest BCUT2D eigenvalue weighted by Gasteiger charge is -2.47. The lowest BCUT2D eigenvalue weighted by Crippen LogP contribution is -2.56. The maximum Gasteiger partial charge on any atom is 0.316 e. The lowest BCUT2D eigenvalue weighted by molar-refractivity contribution is 0.0355. The Bertz CT molecular complexity index is 214.